The van der Waals surface area contributed by atoms with Crippen molar-refractivity contribution in [1.29, 1.82) is 0 Å². The molecule has 7 heteroatoms. The fraction of sp³-hybridized carbons (Fsp3) is 0.312. The van der Waals surface area contributed by atoms with Crippen LogP contribution in [-0.2, 0) is 0 Å². The first-order valence-corrected chi connectivity index (χ1v) is 8.64. The van der Waals surface area contributed by atoms with Gasteiger partial charge in [-0.15, -0.1) is 0 Å². The van der Waals surface area contributed by atoms with Crippen molar-refractivity contribution in [3.63, 3.8) is 0 Å². The van der Waals surface area contributed by atoms with Crippen LogP contribution in [0.4, 0.5) is 0 Å². The van der Waals surface area contributed by atoms with Crippen molar-refractivity contribution < 1.29 is 9.21 Å². The van der Waals surface area contributed by atoms with Crippen LogP contribution in [0.1, 0.15) is 27.9 Å². The average Bonchev–Trinajstić information content (AvgIpc) is 3.22. The number of amides is 1. The Balaban J connectivity index is 1.72. The number of aryl methyl sites for hydroxylation is 1. The molecule has 2 aromatic heterocycles. The van der Waals surface area contributed by atoms with E-state index in [0.29, 0.717) is 23.1 Å². The quantitative estimate of drug-likeness (QED) is 0.783. The van der Waals surface area contributed by atoms with Gasteiger partial charge in [0.2, 0.25) is 0 Å². The summed E-state index contributed by atoms with van der Waals surface area (Å²) in [6, 6.07) is 9.34. The van der Waals surface area contributed by atoms with Crippen molar-refractivity contribution >= 4 is 28.7 Å². The summed E-state index contributed by atoms with van der Waals surface area (Å²) >= 11 is 1.84. The lowest BCUT2D eigenvalue weighted by atomic mass is 10.1. The molecule has 3 heterocycles. The van der Waals surface area contributed by atoms with E-state index < -0.39 is 0 Å². The van der Waals surface area contributed by atoms with Crippen molar-refractivity contribution in [1.82, 2.24) is 20.3 Å². The Hall–Kier alpha value is -2.28. The van der Waals surface area contributed by atoms with Crippen molar-refractivity contribution in [3.05, 3.63) is 47.4 Å². The lowest BCUT2D eigenvalue weighted by molar-refractivity contribution is 0.0683. The molecule has 0 radical (unpaired) electrons. The predicted molar refractivity (Wildman–Crippen MR) is 88.4 cm³/mol. The van der Waals surface area contributed by atoms with Gasteiger partial charge in [0.15, 0.2) is 0 Å². The topological polar surface area (TPSA) is 75.0 Å². The van der Waals surface area contributed by atoms with Gasteiger partial charge in [0.1, 0.15) is 22.6 Å². The molecule has 118 valence electrons. The van der Waals surface area contributed by atoms with E-state index in [0.717, 1.165) is 23.0 Å². The van der Waals surface area contributed by atoms with Crippen LogP contribution in [0.3, 0.4) is 0 Å². The number of benzene rings is 1. The average molecular weight is 328 g/mol. The molecule has 1 unspecified atom stereocenters. The van der Waals surface area contributed by atoms with Crippen LogP contribution in [-0.4, -0.2) is 44.3 Å². The van der Waals surface area contributed by atoms with Crippen molar-refractivity contribution in [2.24, 2.45) is 0 Å². The molecule has 1 atom stereocenters. The van der Waals surface area contributed by atoms with Crippen LogP contribution >= 0.6 is 11.8 Å². The molecule has 3 aromatic rings. The number of nitrogens with one attached hydrogen (secondary N) is 1. The maximum absolute atomic E-state index is 13.1. The van der Waals surface area contributed by atoms with Crippen molar-refractivity contribution in [3.8, 4) is 0 Å². The SMILES string of the molecule is Cc1ccc(C2CSCCN2C(=O)c2cccc3n[nH]nc23)o1. The second-order valence-corrected chi connectivity index (χ2v) is 6.68. The fourth-order valence-corrected chi connectivity index (χ4v) is 3.97. The zero-order chi connectivity index (χ0) is 15.8. The minimum absolute atomic E-state index is 0.0242. The number of para-hydroxylation sites is 1. The summed E-state index contributed by atoms with van der Waals surface area (Å²) in [5.74, 6) is 3.45. The molecule has 0 saturated carbocycles. The second kappa shape index (κ2) is 5.73. The van der Waals surface area contributed by atoms with Crippen LogP contribution < -0.4 is 0 Å². The lowest BCUT2D eigenvalue weighted by Gasteiger charge is -2.34. The van der Waals surface area contributed by atoms with Crippen molar-refractivity contribution in [2.75, 3.05) is 18.1 Å². The molecule has 6 nitrogen and oxygen atoms in total. The number of H-pyrrole nitrogens is 1. The molecule has 0 spiro atoms. The number of aromatic amines is 1. The molecule has 1 amide bonds. The first kappa shape index (κ1) is 14.3. The molecular formula is C16H16N4O2S. The maximum Gasteiger partial charge on any atom is 0.256 e. The number of rotatable bonds is 2. The zero-order valence-corrected chi connectivity index (χ0v) is 13.5. The zero-order valence-electron chi connectivity index (χ0n) is 12.7. The third-order valence-electron chi connectivity index (χ3n) is 4.06. The van der Waals surface area contributed by atoms with Gasteiger partial charge in [-0.2, -0.15) is 27.2 Å². The third kappa shape index (κ3) is 2.50. The molecule has 1 aliphatic rings. The minimum Gasteiger partial charge on any atom is -0.464 e. The van der Waals surface area contributed by atoms with E-state index in [4.69, 9.17) is 4.42 Å². The van der Waals surface area contributed by atoms with Crippen LogP contribution in [0, 0.1) is 6.92 Å². The van der Waals surface area contributed by atoms with Crippen LogP contribution in [0.25, 0.3) is 11.0 Å². The second-order valence-electron chi connectivity index (χ2n) is 5.53. The number of nitrogens with zero attached hydrogens (tertiary/aromatic N) is 3. The number of fused-ring (bicyclic) bond motifs is 1. The summed E-state index contributed by atoms with van der Waals surface area (Å²) in [5, 5.41) is 10.8. The Morgan fingerprint density at radius 2 is 2.26 bits per heavy atom. The van der Waals surface area contributed by atoms with Crippen molar-refractivity contribution in [2.45, 2.75) is 13.0 Å². The molecule has 1 N–H and O–H groups in total. The van der Waals surface area contributed by atoms with E-state index in [2.05, 4.69) is 15.4 Å². The molecule has 1 fully saturated rings. The Morgan fingerprint density at radius 3 is 3.09 bits per heavy atom. The van der Waals surface area contributed by atoms with Gasteiger partial charge in [-0.3, -0.25) is 4.79 Å². The molecule has 0 aliphatic carbocycles. The number of hydrogen-bond donors (Lipinski definition) is 1. The molecule has 0 bridgehead atoms. The number of aromatic nitrogens is 3. The maximum atomic E-state index is 13.1. The van der Waals surface area contributed by atoms with Crippen LogP contribution in [0.15, 0.2) is 34.7 Å². The Bertz CT molecular complexity index is 857. The predicted octanol–water partition coefficient (Wildman–Crippen LogP) is 2.79. The molecule has 4 rings (SSSR count). The Labute approximate surface area is 137 Å². The largest absolute Gasteiger partial charge is 0.464 e. The summed E-state index contributed by atoms with van der Waals surface area (Å²) in [6.45, 7) is 2.61. The third-order valence-corrected chi connectivity index (χ3v) is 5.08. The monoisotopic (exact) mass is 328 g/mol. The highest BCUT2D eigenvalue weighted by Crippen LogP contribution is 2.32. The van der Waals surface area contributed by atoms with Gasteiger partial charge in [-0.1, -0.05) is 6.07 Å². The van der Waals surface area contributed by atoms with E-state index in [1.807, 2.05) is 47.9 Å². The Kier molecular flexibility index (Phi) is 3.57. The van der Waals surface area contributed by atoms with Gasteiger partial charge in [0.05, 0.1) is 11.6 Å². The first-order valence-electron chi connectivity index (χ1n) is 7.48. The van der Waals surface area contributed by atoms with Gasteiger partial charge in [-0.25, -0.2) is 0 Å². The number of carbonyl (C=O) groups excluding carboxylic acids is 1. The van der Waals surface area contributed by atoms with E-state index in [9.17, 15) is 4.79 Å². The molecule has 1 saturated heterocycles. The lowest BCUT2D eigenvalue weighted by Crippen LogP contribution is -2.40. The van der Waals surface area contributed by atoms with Crippen LogP contribution in [0.2, 0.25) is 0 Å². The summed E-state index contributed by atoms with van der Waals surface area (Å²) in [7, 11) is 0. The molecular weight excluding hydrogens is 312 g/mol. The summed E-state index contributed by atoms with van der Waals surface area (Å²) < 4.78 is 5.77. The highest BCUT2D eigenvalue weighted by atomic mass is 32.2. The highest BCUT2D eigenvalue weighted by molar-refractivity contribution is 7.99. The van der Waals surface area contributed by atoms with Crippen LogP contribution in [0.5, 0.6) is 0 Å². The van der Waals surface area contributed by atoms with E-state index in [1.165, 1.54) is 0 Å². The van der Waals surface area contributed by atoms with Gasteiger partial charge in [-0.05, 0) is 31.2 Å². The number of carbonyl (C=O) groups is 1. The molecule has 1 aliphatic heterocycles. The standard InChI is InChI=1S/C16H16N4O2S/c1-10-5-6-14(22-10)13-9-23-8-7-20(13)16(21)11-3-2-4-12-15(11)18-19-17-12/h2-6,13H,7-9H2,1H3,(H,17,18,19). The Morgan fingerprint density at radius 1 is 1.35 bits per heavy atom. The van der Waals surface area contributed by atoms with E-state index in [1.54, 1.807) is 6.07 Å². The van der Waals surface area contributed by atoms with E-state index in [-0.39, 0.29) is 11.9 Å². The van der Waals surface area contributed by atoms with Gasteiger partial charge in [0.25, 0.3) is 5.91 Å². The van der Waals surface area contributed by atoms with Gasteiger partial charge >= 0.3 is 0 Å². The summed E-state index contributed by atoms with van der Waals surface area (Å²) in [4.78, 5) is 15.0. The first-order chi connectivity index (χ1) is 11.2. The highest BCUT2D eigenvalue weighted by Gasteiger charge is 2.32. The smallest absolute Gasteiger partial charge is 0.256 e. The number of thioether (sulfide) groups is 1. The summed E-state index contributed by atoms with van der Waals surface area (Å²) in [6.07, 6.45) is 0. The van der Waals surface area contributed by atoms with Gasteiger partial charge < -0.3 is 9.32 Å². The normalized spacial score (nSPS) is 18.5. The van der Waals surface area contributed by atoms with E-state index >= 15 is 0 Å². The number of furan rings is 1. The summed E-state index contributed by atoms with van der Waals surface area (Å²) in [5.41, 5.74) is 1.90. The molecule has 23 heavy (non-hydrogen) atoms. The minimum atomic E-state index is -0.0443. The fourth-order valence-electron chi connectivity index (χ4n) is 2.91. The number of hydrogen-bond acceptors (Lipinski definition) is 5. The van der Waals surface area contributed by atoms with Gasteiger partial charge in [0, 0.05) is 18.1 Å². The molecule has 1 aromatic carbocycles.